The number of aromatic nitrogens is 1. The Balaban J connectivity index is 1.28. The maximum Gasteiger partial charge on any atom is 0.238 e. The number of aromatic hydroxyl groups is 1. The number of hydrogen-bond donors (Lipinski definition) is 1. The molecule has 1 aliphatic carbocycles. The second-order valence-corrected chi connectivity index (χ2v) is 10.6. The minimum absolute atomic E-state index is 0.135. The normalized spacial score (nSPS) is 24.4. The predicted molar refractivity (Wildman–Crippen MR) is 152 cm³/mol. The van der Waals surface area contributed by atoms with Crippen LogP contribution in [0.15, 0.2) is 90.1 Å². The molecular weight excluding hydrogens is 504 g/mol. The molecule has 2 aromatic carbocycles. The molecule has 1 aromatic heterocycles. The van der Waals surface area contributed by atoms with Crippen LogP contribution in [-0.2, 0) is 19.1 Å². The van der Waals surface area contributed by atoms with Crippen molar-refractivity contribution in [3.05, 3.63) is 101 Å². The van der Waals surface area contributed by atoms with E-state index in [1.54, 1.807) is 25.4 Å². The SMILES string of the molecule is COCC1=C2[C@@H](CC/C(=C/c3cccc(O)c3)c3ccccn3)OC[C@@H]2[C@@H]2C(=O)N(c3ccccc3)C(=O)[C@@H]2C1. The number of amides is 2. The number of methoxy groups -OCH3 is 1. The molecule has 6 rings (SSSR count). The fourth-order valence-electron chi connectivity index (χ4n) is 6.54. The first-order valence-corrected chi connectivity index (χ1v) is 13.7. The summed E-state index contributed by atoms with van der Waals surface area (Å²) in [6, 6.07) is 22.2. The van der Waals surface area contributed by atoms with E-state index >= 15 is 0 Å². The number of hydrogen-bond acceptors (Lipinski definition) is 6. The van der Waals surface area contributed by atoms with Gasteiger partial charge in [0.1, 0.15) is 5.75 Å². The Morgan fingerprint density at radius 2 is 1.88 bits per heavy atom. The fourth-order valence-corrected chi connectivity index (χ4v) is 6.54. The van der Waals surface area contributed by atoms with E-state index in [2.05, 4.69) is 4.98 Å². The molecule has 2 aliphatic heterocycles. The van der Waals surface area contributed by atoms with E-state index in [0.717, 1.165) is 28.0 Å². The number of carbonyl (C=O) groups excluding carboxylic acids is 2. The van der Waals surface area contributed by atoms with Crippen LogP contribution in [0.1, 0.15) is 30.5 Å². The fraction of sp³-hybridized carbons (Fsp3) is 0.303. The molecule has 4 atom stereocenters. The van der Waals surface area contributed by atoms with Crippen molar-refractivity contribution >= 4 is 29.2 Å². The van der Waals surface area contributed by atoms with Crippen LogP contribution in [-0.4, -0.2) is 48.3 Å². The molecule has 40 heavy (non-hydrogen) atoms. The van der Waals surface area contributed by atoms with Crippen molar-refractivity contribution in [1.82, 2.24) is 4.98 Å². The molecule has 2 amide bonds. The molecule has 1 N–H and O–H groups in total. The summed E-state index contributed by atoms with van der Waals surface area (Å²) in [5.74, 6) is -1.03. The summed E-state index contributed by atoms with van der Waals surface area (Å²) in [5.41, 5.74) is 5.60. The first-order valence-electron chi connectivity index (χ1n) is 13.7. The molecule has 2 saturated heterocycles. The number of allylic oxidation sites excluding steroid dienone is 1. The molecule has 0 unspecified atom stereocenters. The number of phenols is 1. The van der Waals surface area contributed by atoms with Gasteiger partial charge in [0.2, 0.25) is 11.8 Å². The zero-order valence-electron chi connectivity index (χ0n) is 22.4. The summed E-state index contributed by atoms with van der Waals surface area (Å²) in [5, 5.41) is 9.98. The number of anilines is 1. The Kier molecular flexibility index (Phi) is 7.32. The van der Waals surface area contributed by atoms with Gasteiger partial charge in [0, 0.05) is 19.2 Å². The summed E-state index contributed by atoms with van der Waals surface area (Å²) in [7, 11) is 1.66. The van der Waals surface area contributed by atoms with Crippen molar-refractivity contribution < 1.29 is 24.2 Å². The largest absolute Gasteiger partial charge is 0.508 e. The monoisotopic (exact) mass is 536 g/mol. The molecule has 0 radical (unpaired) electrons. The van der Waals surface area contributed by atoms with Crippen molar-refractivity contribution in [3.63, 3.8) is 0 Å². The number of ether oxygens (including phenoxy) is 2. The van der Waals surface area contributed by atoms with Gasteiger partial charge in [-0.1, -0.05) is 36.4 Å². The Labute approximate surface area is 233 Å². The van der Waals surface area contributed by atoms with Crippen LogP contribution in [0.3, 0.4) is 0 Å². The van der Waals surface area contributed by atoms with Crippen molar-refractivity contribution in [2.24, 2.45) is 17.8 Å². The Morgan fingerprint density at radius 1 is 1.05 bits per heavy atom. The quantitative estimate of drug-likeness (QED) is 0.312. The van der Waals surface area contributed by atoms with Gasteiger partial charge >= 0.3 is 0 Å². The number of phenolic OH excluding ortho intramolecular Hbond substituents is 1. The zero-order chi connectivity index (χ0) is 27.6. The molecule has 0 spiro atoms. The minimum Gasteiger partial charge on any atom is -0.508 e. The highest BCUT2D eigenvalue weighted by Crippen LogP contribution is 2.50. The summed E-state index contributed by atoms with van der Waals surface area (Å²) < 4.78 is 12.0. The summed E-state index contributed by atoms with van der Waals surface area (Å²) in [6.45, 7) is 0.819. The van der Waals surface area contributed by atoms with E-state index in [1.165, 1.54) is 4.90 Å². The average Bonchev–Trinajstić information content (AvgIpc) is 3.50. The molecule has 3 aliphatic rings. The van der Waals surface area contributed by atoms with Crippen molar-refractivity contribution in [3.8, 4) is 5.75 Å². The van der Waals surface area contributed by atoms with Crippen LogP contribution in [0.4, 0.5) is 5.69 Å². The van der Waals surface area contributed by atoms with Gasteiger partial charge in [-0.2, -0.15) is 0 Å². The lowest BCUT2D eigenvalue weighted by molar-refractivity contribution is -0.122. The van der Waals surface area contributed by atoms with Gasteiger partial charge < -0.3 is 14.6 Å². The van der Waals surface area contributed by atoms with Crippen LogP contribution < -0.4 is 4.90 Å². The Bertz CT molecular complexity index is 1470. The maximum absolute atomic E-state index is 13.7. The number of pyridine rings is 1. The molecule has 7 nitrogen and oxygen atoms in total. The number of fused-ring (bicyclic) bond motifs is 3. The van der Waals surface area contributed by atoms with Crippen molar-refractivity contribution in [1.29, 1.82) is 0 Å². The van der Waals surface area contributed by atoms with E-state index < -0.39 is 11.8 Å². The third kappa shape index (κ3) is 4.87. The third-order valence-corrected chi connectivity index (χ3v) is 8.22. The number of nitrogens with zero attached hydrogens (tertiary/aromatic N) is 2. The van der Waals surface area contributed by atoms with Crippen molar-refractivity contribution in [2.75, 3.05) is 25.2 Å². The first-order chi connectivity index (χ1) is 19.5. The average molecular weight is 537 g/mol. The highest BCUT2D eigenvalue weighted by atomic mass is 16.5. The minimum atomic E-state index is -0.425. The smallest absolute Gasteiger partial charge is 0.238 e. The standard InChI is InChI=1S/C33H32N2O5/c1-39-19-23-18-26-31(33(38)35(32(26)37)24-9-3-2-4-10-24)27-20-40-29(30(23)27)14-13-22(28-12-5-6-15-34-28)16-21-8-7-11-25(36)17-21/h2-12,15-17,26-27,29,31,36H,13-14,18-20H2,1H3/b22-16-/t26-,27+,29-,31-/m1/s1. The molecular formula is C33H32N2O5. The molecule has 204 valence electrons. The molecule has 0 saturated carbocycles. The lowest BCUT2D eigenvalue weighted by atomic mass is 9.69. The second-order valence-electron chi connectivity index (χ2n) is 10.6. The van der Waals surface area contributed by atoms with Gasteiger partial charge in [-0.15, -0.1) is 0 Å². The summed E-state index contributed by atoms with van der Waals surface area (Å²) in [6.07, 6.45) is 5.53. The molecule has 7 heteroatoms. The first kappa shape index (κ1) is 26.2. The Morgan fingerprint density at radius 3 is 2.62 bits per heavy atom. The van der Waals surface area contributed by atoms with Crippen molar-refractivity contribution in [2.45, 2.75) is 25.4 Å². The van der Waals surface area contributed by atoms with Crippen LogP contribution in [0, 0.1) is 17.8 Å². The van der Waals surface area contributed by atoms with Crippen LogP contribution in [0.5, 0.6) is 5.75 Å². The van der Waals surface area contributed by atoms with E-state index in [-0.39, 0.29) is 29.6 Å². The molecule has 0 bridgehead atoms. The topological polar surface area (TPSA) is 89.0 Å². The highest BCUT2D eigenvalue weighted by Gasteiger charge is 2.57. The van der Waals surface area contributed by atoms with Crippen LogP contribution in [0.25, 0.3) is 11.6 Å². The molecule has 3 aromatic rings. The van der Waals surface area contributed by atoms with Crippen LogP contribution >= 0.6 is 0 Å². The molecule has 3 heterocycles. The number of imide groups is 1. The van der Waals surface area contributed by atoms with Gasteiger partial charge in [-0.05, 0) is 84.0 Å². The van der Waals surface area contributed by atoms with Gasteiger partial charge in [0.15, 0.2) is 0 Å². The van der Waals surface area contributed by atoms with E-state index in [0.29, 0.717) is 38.2 Å². The number of carbonyl (C=O) groups is 2. The number of benzene rings is 2. The Hall–Kier alpha value is -4.07. The van der Waals surface area contributed by atoms with E-state index in [9.17, 15) is 14.7 Å². The predicted octanol–water partition coefficient (Wildman–Crippen LogP) is 5.28. The lowest BCUT2D eigenvalue weighted by Crippen LogP contribution is -2.35. The van der Waals surface area contributed by atoms with Gasteiger partial charge in [-0.3, -0.25) is 19.5 Å². The number of para-hydroxylation sites is 1. The van der Waals surface area contributed by atoms with Gasteiger partial charge in [0.25, 0.3) is 0 Å². The van der Waals surface area contributed by atoms with Gasteiger partial charge in [0.05, 0.1) is 42.5 Å². The molecule has 2 fully saturated rings. The zero-order valence-corrected chi connectivity index (χ0v) is 22.4. The van der Waals surface area contributed by atoms with E-state index in [4.69, 9.17) is 9.47 Å². The van der Waals surface area contributed by atoms with Gasteiger partial charge in [-0.25, -0.2) is 0 Å². The summed E-state index contributed by atoms with van der Waals surface area (Å²) in [4.78, 5) is 33.2. The lowest BCUT2D eigenvalue weighted by Gasteiger charge is -2.31. The van der Waals surface area contributed by atoms with E-state index in [1.807, 2.05) is 66.7 Å². The highest BCUT2D eigenvalue weighted by molar-refractivity contribution is 6.22. The summed E-state index contributed by atoms with van der Waals surface area (Å²) >= 11 is 0. The second kappa shape index (κ2) is 11.2. The third-order valence-electron chi connectivity index (χ3n) is 8.22. The van der Waals surface area contributed by atoms with Crippen LogP contribution in [0.2, 0.25) is 0 Å². The number of rotatable bonds is 8. The maximum atomic E-state index is 13.7.